The number of benzene rings is 2. The first-order valence-electron chi connectivity index (χ1n) is 18.1. The van der Waals surface area contributed by atoms with E-state index >= 15 is 0 Å². The Balaban J connectivity index is 1.12. The molecule has 0 spiro atoms. The molecule has 53 heavy (non-hydrogen) atoms. The maximum absolute atomic E-state index is 13.6. The van der Waals surface area contributed by atoms with Crippen LogP contribution < -0.4 is 14.8 Å². The van der Waals surface area contributed by atoms with Gasteiger partial charge in [-0.1, -0.05) is 49.6 Å². The smallest absolute Gasteiger partial charge is 0.240 e. The second-order valence-corrected chi connectivity index (χ2v) is 16.7. The zero-order valence-corrected chi connectivity index (χ0v) is 30.9. The minimum atomic E-state index is -4.09. The standard InChI is InChI=1S/C38H48ClN3O10S/c39-33-18-38(33,29-19-40-16-13-27(29)28-9-2-3-10-32(28)52-25-11-12-25)51-22-24-7-6-8-26(17-24)53(49,50)42-23-37(14-4-1-5-15-37)36(48)41-20-30(44)34(46)35(47)31(45)21-43/h2-3,6-10,13,16-17,19,25,30-31,33-35,42-47H,1,4-5,11-12,14-15,18,20-23H2,(H,41,48)/t30-,31+,33+,34+,35+,38+/m0/s1. The third-order valence-corrected chi connectivity index (χ3v) is 12.4. The second-order valence-electron chi connectivity index (χ2n) is 14.4. The minimum Gasteiger partial charge on any atom is -0.490 e. The average Bonchev–Trinajstić information content (AvgIpc) is 4.12. The van der Waals surface area contributed by atoms with Crippen LogP contribution in [0.2, 0.25) is 0 Å². The van der Waals surface area contributed by atoms with Crippen LogP contribution in [0, 0.1) is 5.41 Å². The molecule has 3 aliphatic rings. The predicted molar refractivity (Wildman–Crippen MR) is 195 cm³/mol. The van der Waals surface area contributed by atoms with Gasteiger partial charge in [-0.25, -0.2) is 13.1 Å². The number of aliphatic hydroxyl groups excluding tert-OH is 5. The first-order valence-corrected chi connectivity index (χ1v) is 20.0. The number of aromatic nitrogens is 1. The van der Waals surface area contributed by atoms with Crippen molar-refractivity contribution in [3.8, 4) is 16.9 Å². The summed E-state index contributed by atoms with van der Waals surface area (Å²) in [6, 6.07) is 16.2. The van der Waals surface area contributed by atoms with Gasteiger partial charge in [0.2, 0.25) is 15.9 Å². The molecule has 0 radical (unpaired) electrons. The van der Waals surface area contributed by atoms with Crippen molar-refractivity contribution in [1.82, 2.24) is 15.0 Å². The summed E-state index contributed by atoms with van der Waals surface area (Å²) in [5.74, 6) is 0.279. The summed E-state index contributed by atoms with van der Waals surface area (Å²) in [5, 5.41) is 51.3. The molecule has 1 amide bonds. The van der Waals surface area contributed by atoms with Crippen LogP contribution in [0.4, 0.5) is 0 Å². The molecule has 0 saturated heterocycles. The Morgan fingerprint density at radius 2 is 1.68 bits per heavy atom. The fourth-order valence-electron chi connectivity index (χ4n) is 6.95. The van der Waals surface area contributed by atoms with Gasteiger partial charge >= 0.3 is 0 Å². The lowest BCUT2D eigenvalue weighted by Gasteiger charge is -2.36. The summed E-state index contributed by atoms with van der Waals surface area (Å²) in [7, 11) is -4.09. The molecule has 3 aromatic rings. The summed E-state index contributed by atoms with van der Waals surface area (Å²) >= 11 is 6.77. The molecule has 7 N–H and O–H groups in total. The Bertz CT molecular complexity index is 1840. The Morgan fingerprint density at radius 3 is 2.38 bits per heavy atom. The number of para-hydroxylation sites is 1. The van der Waals surface area contributed by atoms with Crippen LogP contribution in [-0.2, 0) is 31.8 Å². The van der Waals surface area contributed by atoms with Crippen molar-refractivity contribution in [2.75, 3.05) is 19.7 Å². The number of sulfonamides is 1. The van der Waals surface area contributed by atoms with Crippen molar-refractivity contribution in [2.24, 2.45) is 5.41 Å². The zero-order valence-electron chi connectivity index (χ0n) is 29.3. The predicted octanol–water partition coefficient (Wildman–Crippen LogP) is 2.49. The normalized spacial score (nSPS) is 23.4. The van der Waals surface area contributed by atoms with Crippen molar-refractivity contribution in [3.05, 3.63) is 78.1 Å². The number of alkyl halides is 1. The Kier molecular flexibility index (Phi) is 12.4. The maximum Gasteiger partial charge on any atom is 0.240 e. The molecule has 6 rings (SSSR count). The highest BCUT2D eigenvalue weighted by Gasteiger charge is 2.57. The number of ether oxygens (including phenoxy) is 2. The van der Waals surface area contributed by atoms with Gasteiger partial charge in [-0.05, 0) is 61.1 Å². The highest BCUT2D eigenvalue weighted by molar-refractivity contribution is 7.89. The van der Waals surface area contributed by atoms with Crippen molar-refractivity contribution in [2.45, 2.75) is 104 Å². The molecule has 288 valence electrons. The van der Waals surface area contributed by atoms with Gasteiger partial charge in [-0.15, -0.1) is 11.6 Å². The molecule has 15 heteroatoms. The van der Waals surface area contributed by atoms with Gasteiger partial charge in [0.1, 0.15) is 29.7 Å². The summed E-state index contributed by atoms with van der Waals surface area (Å²) in [4.78, 5) is 17.9. The van der Waals surface area contributed by atoms with E-state index in [1.165, 1.54) is 12.1 Å². The monoisotopic (exact) mass is 773 g/mol. The Morgan fingerprint density at radius 1 is 0.962 bits per heavy atom. The topological polar surface area (TPSA) is 208 Å². The number of pyridine rings is 1. The van der Waals surface area contributed by atoms with Crippen LogP contribution in [0.25, 0.3) is 11.1 Å². The van der Waals surface area contributed by atoms with E-state index in [9.17, 15) is 33.6 Å². The summed E-state index contributed by atoms with van der Waals surface area (Å²) < 4.78 is 42.7. The first kappa shape index (κ1) is 39.5. The van der Waals surface area contributed by atoms with Crippen LogP contribution in [0.3, 0.4) is 0 Å². The number of amides is 1. The molecule has 1 aromatic heterocycles. The molecule has 13 nitrogen and oxygen atoms in total. The van der Waals surface area contributed by atoms with Gasteiger partial charge in [0.15, 0.2) is 0 Å². The largest absolute Gasteiger partial charge is 0.490 e. The lowest BCUT2D eigenvalue weighted by atomic mass is 9.73. The molecule has 3 saturated carbocycles. The fraction of sp³-hybridized carbons (Fsp3) is 0.526. The quantitative estimate of drug-likeness (QED) is 0.0935. The van der Waals surface area contributed by atoms with Crippen LogP contribution >= 0.6 is 11.6 Å². The van der Waals surface area contributed by atoms with Crippen molar-refractivity contribution in [3.63, 3.8) is 0 Å². The highest BCUT2D eigenvalue weighted by atomic mass is 35.5. The van der Waals surface area contributed by atoms with E-state index in [1.54, 1.807) is 24.5 Å². The number of carbonyl (C=O) groups excluding carboxylic acids is 1. The molecule has 2 aromatic carbocycles. The lowest BCUT2D eigenvalue weighted by Crippen LogP contribution is -2.53. The summed E-state index contributed by atoms with van der Waals surface area (Å²) in [6.07, 6.45) is 2.35. The minimum absolute atomic E-state index is 0.000398. The molecule has 3 fully saturated rings. The molecular formula is C38H48ClN3O10S. The fourth-order valence-corrected chi connectivity index (χ4v) is 8.56. The van der Waals surface area contributed by atoms with E-state index in [0.717, 1.165) is 41.7 Å². The van der Waals surface area contributed by atoms with Crippen molar-refractivity contribution < 1.29 is 48.2 Å². The number of nitrogens with zero attached hydrogens (tertiary/aromatic N) is 1. The van der Waals surface area contributed by atoms with E-state index in [-0.39, 0.29) is 29.5 Å². The van der Waals surface area contributed by atoms with Crippen molar-refractivity contribution >= 4 is 27.5 Å². The lowest BCUT2D eigenvalue weighted by molar-refractivity contribution is -0.135. The van der Waals surface area contributed by atoms with Gasteiger partial charge in [0, 0.05) is 43.0 Å². The number of aliphatic hydroxyl groups is 5. The second kappa shape index (κ2) is 16.7. The number of hydrogen-bond acceptors (Lipinski definition) is 11. The van der Waals surface area contributed by atoms with Crippen molar-refractivity contribution in [1.29, 1.82) is 0 Å². The molecule has 6 atom stereocenters. The van der Waals surface area contributed by atoms with Crippen LogP contribution in [-0.4, -0.2) is 100 Å². The van der Waals surface area contributed by atoms with Crippen LogP contribution in [0.5, 0.6) is 5.75 Å². The van der Waals surface area contributed by atoms with E-state index in [0.29, 0.717) is 37.7 Å². The molecule has 0 aliphatic heterocycles. The SMILES string of the molecule is O=C(NC[C@H](O)[C@@H](O)[C@H](O)[C@H](O)CO)C1(CNS(=O)(=O)c2cccc(CO[C@@]3(c4cnccc4-c4ccccc4OC4CC4)C[C@H]3Cl)c2)CCCCC1. The third kappa shape index (κ3) is 9.04. The number of hydrogen-bond donors (Lipinski definition) is 7. The number of rotatable bonds is 18. The van der Waals surface area contributed by atoms with Gasteiger partial charge in [-0.2, -0.15) is 0 Å². The van der Waals surface area contributed by atoms with Gasteiger partial charge in [-0.3, -0.25) is 9.78 Å². The van der Waals surface area contributed by atoms with Crippen LogP contribution in [0.15, 0.2) is 71.9 Å². The molecule has 0 bridgehead atoms. The average molecular weight is 774 g/mol. The van der Waals surface area contributed by atoms with Gasteiger partial charge < -0.3 is 40.3 Å². The van der Waals surface area contributed by atoms with E-state index in [4.69, 9.17) is 26.2 Å². The first-order chi connectivity index (χ1) is 25.4. The zero-order chi connectivity index (χ0) is 37.8. The molecular weight excluding hydrogens is 726 g/mol. The van der Waals surface area contributed by atoms with E-state index < -0.39 is 64.5 Å². The molecule has 3 aliphatic carbocycles. The summed E-state index contributed by atoms with van der Waals surface area (Å²) in [5.41, 5.74) is 1.31. The third-order valence-electron chi connectivity index (χ3n) is 10.5. The highest BCUT2D eigenvalue weighted by Crippen LogP contribution is 2.56. The molecule has 0 unspecified atom stereocenters. The van der Waals surface area contributed by atoms with Crippen LogP contribution in [0.1, 0.15) is 62.5 Å². The number of nitrogens with one attached hydrogen (secondary N) is 2. The number of carbonyl (C=O) groups is 1. The summed E-state index contributed by atoms with van der Waals surface area (Å²) in [6.45, 7) is -1.41. The number of halogens is 1. The molecule has 1 heterocycles. The van der Waals surface area contributed by atoms with E-state index in [1.807, 2.05) is 30.3 Å². The Labute approximate surface area is 314 Å². The maximum atomic E-state index is 13.6. The Hall–Kier alpha value is -3.18. The van der Waals surface area contributed by atoms with E-state index in [2.05, 4.69) is 15.0 Å². The van der Waals surface area contributed by atoms with Gasteiger partial charge in [0.05, 0.1) is 41.1 Å². The van der Waals surface area contributed by atoms with Gasteiger partial charge in [0.25, 0.3) is 0 Å².